The van der Waals surface area contributed by atoms with E-state index in [1.54, 1.807) is 0 Å². The highest BCUT2D eigenvalue weighted by Crippen LogP contribution is 2.14. The Labute approximate surface area is 114 Å². The van der Waals surface area contributed by atoms with Gasteiger partial charge in [0, 0.05) is 31.6 Å². The second kappa shape index (κ2) is 6.14. The van der Waals surface area contributed by atoms with Gasteiger partial charge in [-0.1, -0.05) is 20.8 Å². The van der Waals surface area contributed by atoms with E-state index in [0.717, 1.165) is 38.2 Å². The van der Waals surface area contributed by atoms with Gasteiger partial charge in [0.2, 0.25) is 5.82 Å². The average molecular weight is 265 g/mol. The number of aromatic amines is 1. The third-order valence-electron chi connectivity index (χ3n) is 3.78. The topological polar surface area (TPSA) is 73.9 Å². The molecule has 1 saturated heterocycles. The highest BCUT2D eigenvalue weighted by atomic mass is 16.2. The zero-order chi connectivity index (χ0) is 13.8. The third-order valence-corrected chi connectivity index (χ3v) is 3.78. The average Bonchev–Trinajstić information content (AvgIpc) is 2.94. The van der Waals surface area contributed by atoms with E-state index in [-0.39, 0.29) is 11.9 Å². The summed E-state index contributed by atoms with van der Waals surface area (Å²) < 4.78 is 0. The molecule has 0 bridgehead atoms. The van der Waals surface area contributed by atoms with E-state index in [2.05, 4.69) is 34.3 Å². The quantitative estimate of drug-likeness (QED) is 0.850. The Morgan fingerprint density at radius 2 is 2.16 bits per heavy atom. The van der Waals surface area contributed by atoms with Crippen molar-refractivity contribution >= 4 is 5.91 Å². The zero-order valence-corrected chi connectivity index (χ0v) is 11.9. The Balaban J connectivity index is 2.14. The summed E-state index contributed by atoms with van der Waals surface area (Å²) in [5, 5.41) is 10.3. The number of aryl methyl sites for hydroxylation is 1. The van der Waals surface area contributed by atoms with Crippen molar-refractivity contribution in [2.75, 3.05) is 13.1 Å². The first-order valence-electron chi connectivity index (χ1n) is 7.15. The van der Waals surface area contributed by atoms with Crippen molar-refractivity contribution in [3.05, 3.63) is 11.6 Å². The van der Waals surface area contributed by atoms with Crippen LogP contribution in [0.2, 0.25) is 0 Å². The maximum Gasteiger partial charge on any atom is 0.293 e. The van der Waals surface area contributed by atoms with Gasteiger partial charge >= 0.3 is 0 Å². The molecule has 6 nitrogen and oxygen atoms in total. The summed E-state index contributed by atoms with van der Waals surface area (Å²) in [6.45, 7) is 7.82. The fourth-order valence-electron chi connectivity index (χ4n) is 2.43. The lowest BCUT2D eigenvalue weighted by Gasteiger charge is -2.39. The minimum absolute atomic E-state index is 0.0530. The summed E-state index contributed by atoms with van der Waals surface area (Å²) in [6.07, 6.45) is 2.73. The van der Waals surface area contributed by atoms with Crippen LogP contribution in [-0.2, 0) is 6.42 Å². The first-order valence-corrected chi connectivity index (χ1v) is 7.15. The van der Waals surface area contributed by atoms with Crippen molar-refractivity contribution in [1.82, 2.24) is 25.4 Å². The summed E-state index contributed by atoms with van der Waals surface area (Å²) in [7, 11) is 0. The maximum absolute atomic E-state index is 12.5. The molecule has 0 aromatic carbocycles. The van der Waals surface area contributed by atoms with Crippen molar-refractivity contribution in [2.24, 2.45) is 0 Å². The lowest BCUT2D eigenvalue weighted by atomic mass is 10.1. The van der Waals surface area contributed by atoms with Crippen LogP contribution in [0.5, 0.6) is 0 Å². The molecule has 0 radical (unpaired) electrons. The normalized spacial score (nSPS) is 23.6. The number of hydrogen-bond acceptors (Lipinski definition) is 4. The van der Waals surface area contributed by atoms with Gasteiger partial charge in [0.1, 0.15) is 5.82 Å². The molecule has 2 heterocycles. The largest absolute Gasteiger partial charge is 0.330 e. The van der Waals surface area contributed by atoms with E-state index >= 15 is 0 Å². The number of rotatable bonds is 4. The van der Waals surface area contributed by atoms with Crippen molar-refractivity contribution in [2.45, 2.75) is 52.1 Å². The smallest absolute Gasteiger partial charge is 0.293 e. The van der Waals surface area contributed by atoms with Crippen LogP contribution in [0.3, 0.4) is 0 Å². The van der Waals surface area contributed by atoms with Gasteiger partial charge in [0.25, 0.3) is 5.91 Å². The van der Waals surface area contributed by atoms with Crippen LogP contribution in [0.25, 0.3) is 0 Å². The molecule has 0 aliphatic carbocycles. The number of aromatic nitrogens is 3. The van der Waals surface area contributed by atoms with Crippen LogP contribution >= 0.6 is 0 Å². The van der Waals surface area contributed by atoms with Gasteiger partial charge in [0.15, 0.2) is 0 Å². The lowest BCUT2D eigenvalue weighted by molar-refractivity contribution is 0.0564. The summed E-state index contributed by atoms with van der Waals surface area (Å²) >= 11 is 0. The molecule has 106 valence electrons. The molecule has 0 saturated carbocycles. The Kier molecular flexibility index (Phi) is 4.52. The van der Waals surface area contributed by atoms with E-state index in [1.807, 2.05) is 11.8 Å². The van der Waals surface area contributed by atoms with Gasteiger partial charge in [-0.05, 0) is 12.8 Å². The fourth-order valence-corrected chi connectivity index (χ4v) is 2.43. The Morgan fingerprint density at radius 3 is 2.74 bits per heavy atom. The Hall–Kier alpha value is -1.43. The second-order valence-electron chi connectivity index (χ2n) is 4.99. The molecular weight excluding hydrogens is 242 g/mol. The first-order chi connectivity index (χ1) is 9.19. The van der Waals surface area contributed by atoms with Crippen LogP contribution < -0.4 is 5.32 Å². The number of carbonyl (C=O) groups excluding carboxylic acids is 1. The molecule has 0 spiro atoms. The highest BCUT2D eigenvalue weighted by Gasteiger charge is 2.31. The Morgan fingerprint density at radius 1 is 1.37 bits per heavy atom. The predicted molar refractivity (Wildman–Crippen MR) is 73.0 cm³/mol. The minimum atomic E-state index is -0.0530. The van der Waals surface area contributed by atoms with Gasteiger partial charge in [-0.2, -0.15) is 0 Å². The van der Waals surface area contributed by atoms with E-state index in [4.69, 9.17) is 0 Å². The molecule has 1 aliphatic rings. The zero-order valence-electron chi connectivity index (χ0n) is 11.9. The third kappa shape index (κ3) is 2.94. The number of nitrogens with one attached hydrogen (secondary N) is 2. The summed E-state index contributed by atoms with van der Waals surface area (Å²) in [4.78, 5) is 18.7. The van der Waals surface area contributed by atoms with Crippen LogP contribution in [0.15, 0.2) is 0 Å². The standard InChI is InChI=1S/C13H23N5O/c1-4-9-8-18(10(5-2)7-14-9)13(19)12-15-11(6-3)16-17-12/h9-10,14H,4-8H2,1-3H3,(H,15,16,17). The monoisotopic (exact) mass is 265 g/mol. The van der Waals surface area contributed by atoms with Crippen molar-refractivity contribution in [1.29, 1.82) is 0 Å². The number of H-pyrrole nitrogens is 1. The van der Waals surface area contributed by atoms with Crippen molar-refractivity contribution in [3.8, 4) is 0 Å². The summed E-state index contributed by atoms with van der Waals surface area (Å²) in [5.41, 5.74) is 0. The van der Waals surface area contributed by atoms with Crippen LogP contribution in [-0.4, -0.2) is 51.2 Å². The molecule has 1 fully saturated rings. The molecule has 1 amide bonds. The van der Waals surface area contributed by atoms with E-state index in [0.29, 0.717) is 11.9 Å². The molecule has 2 N–H and O–H groups in total. The highest BCUT2D eigenvalue weighted by molar-refractivity contribution is 5.90. The van der Waals surface area contributed by atoms with Gasteiger partial charge in [-0.15, -0.1) is 5.10 Å². The van der Waals surface area contributed by atoms with Crippen molar-refractivity contribution < 1.29 is 4.79 Å². The second-order valence-corrected chi connectivity index (χ2v) is 4.99. The van der Waals surface area contributed by atoms with Crippen LogP contribution in [0.4, 0.5) is 0 Å². The van der Waals surface area contributed by atoms with Crippen LogP contribution in [0.1, 0.15) is 50.1 Å². The predicted octanol–water partition coefficient (Wildman–Crippen LogP) is 0.970. The molecule has 2 unspecified atom stereocenters. The molecule has 19 heavy (non-hydrogen) atoms. The Bertz CT molecular complexity index is 430. The molecule has 1 aliphatic heterocycles. The minimum Gasteiger partial charge on any atom is -0.330 e. The fraction of sp³-hybridized carbons (Fsp3) is 0.769. The van der Waals surface area contributed by atoms with Gasteiger partial charge in [-0.3, -0.25) is 9.89 Å². The molecule has 1 aromatic rings. The number of nitrogens with zero attached hydrogens (tertiary/aromatic N) is 3. The molecule has 2 atom stereocenters. The number of hydrogen-bond donors (Lipinski definition) is 2. The maximum atomic E-state index is 12.5. The van der Waals surface area contributed by atoms with E-state index in [9.17, 15) is 4.79 Å². The van der Waals surface area contributed by atoms with Gasteiger partial charge < -0.3 is 10.2 Å². The SMILES string of the molecule is CCc1nc(C(=O)N2CC(CC)NCC2CC)n[nH]1. The molecular formula is C13H23N5O. The summed E-state index contributed by atoms with van der Waals surface area (Å²) in [6, 6.07) is 0.607. The lowest BCUT2D eigenvalue weighted by Crippen LogP contribution is -2.58. The number of piperazine rings is 1. The van der Waals surface area contributed by atoms with Gasteiger partial charge in [0.05, 0.1) is 0 Å². The van der Waals surface area contributed by atoms with Crippen LogP contribution in [0, 0.1) is 0 Å². The molecule has 2 rings (SSSR count). The molecule has 1 aromatic heterocycles. The first kappa shape index (κ1) is 14.0. The number of carbonyl (C=O) groups is 1. The van der Waals surface area contributed by atoms with Gasteiger partial charge in [-0.25, -0.2) is 4.98 Å². The van der Waals surface area contributed by atoms with E-state index < -0.39 is 0 Å². The summed E-state index contributed by atoms with van der Waals surface area (Å²) in [5.74, 6) is 1.01. The van der Waals surface area contributed by atoms with E-state index in [1.165, 1.54) is 0 Å². The molecule has 6 heteroatoms. The van der Waals surface area contributed by atoms with Crippen molar-refractivity contribution in [3.63, 3.8) is 0 Å². The number of amides is 1.